The Kier molecular flexibility index (Phi) is 2.84. The van der Waals surface area contributed by atoms with Gasteiger partial charge in [-0.2, -0.15) is 0 Å². The first-order valence-electron chi connectivity index (χ1n) is 3.59. The van der Waals surface area contributed by atoms with Gasteiger partial charge in [-0.1, -0.05) is 12.2 Å². The first-order valence-corrected chi connectivity index (χ1v) is 4.00. The molecule has 0 aromatic carbocycles. The Bertz CT molecular complexity index is 261. The summed E-state index contributed by atoms with van der Waals surface area (Å²) >= 11 is 5.05. The maximum Gasteiger partial charge on any atom is 0.121 e. The van der Waals surface area contributed by atoms with E-state index in [-0.39, 0.29) is 0 Å². The smallest absolute Gasteiger partial charge is 0.121 e. The lowest BCUT2D eigenvalue weighted by Crippen LogP contribution is -2.18. The second-order valence-electron chi connectivity index (χ2n) is 2.76. The van der Waals surface area contributed by atoms with Gasteiger partial charge in [0.1, 0.15) is 4.64 Å². The number of nitrogens with one attached hydrogen (secondary N) is 1. The highest BCUT2D eigenvalue weighted by Crippen LogP contribution is 1.90. The first kappa shape index (κ1) is 8.49. The van der Waals surface area contributed by atoms with Crippen molar-refractivity contribution in [1.82, 2.24) is 14.7 Å². The summed E-state index contributed by atoms with van der Waals surface area (Å²) in [5.41, 5.74) is 0. The van der Waals surface area contributed by atoms with Crippen LogP contribution in [0.3, 0.4) is 0 Å². The molecule has 0 aliphatic heterocycles. The Morgan fingerprint density at radius 2 is 2.36 bits per heavy atom. The van der Waals surface area contributed by atoms with Gasteiger partial charge in [-0.15, -0.1) is 0 Å². The minimum Gasteiger partial charge on any atom is -0.308 e. The summed E-state index contributed by atoms with van der Waals surface area (Å²) < 4.78 is 2.82. The van der Waals surface area contributed by atoms with E-state index in [1.54, 1.807) is 0 Å². The van der Waals surface area contributed by atoms with Crippen molar-refractivity contribution in [3.63, 3.8) is 0 Å². The van der Waals surface area contributed by atoms with E-state index in [4.69, 9.17) is 12.2 Å². The largest absolute Gasteiger partial charge is 0.308 e. The highest BCUT2D eigenvalue weighted by molar-refractivity contribution is 7.71. The normalized spacial score (nSPS) is 10.8. The highest BCUT2D eigenvalue weighted by Gasteiger charge is 1.92. The molecule has 0 aliphatic carbocycles. The second-order valence-corrected chi connectivity index (χ2v) is 3.17. The number of aromatic amines is 1. The molecular weight excluding hydrogens is 158 g/mol. The zero-order valence-electron chi connectivity index (χ0n) is 6.87. The first-order chi connectivity index (χ1) is 5.20. The average molecular weight is 171 g/mol. The van der Waals surface area contributed by atoms with Crippen molar-refractivity contribution in [2.24, 2.45) is 0 Å². The molecule has 3 nitrogen and oxygen atoms in total. The van der Waals surface area contributed by atoms with Gasteiger partial charge in [0.15, 0.2) is 0 Å². The summed E-state index contributed by atoms with van der Waals surface area (Å²) in [5, 5.41) is 3.05. The summed E-state index contributed by atoms with van der Waals surface area (Å²) in [6, 6.07) is 1.89. The summed E-state index contributed by atoms with van der Waals surface area (Å²) in [5.74, 6) is 0. The van der Waals surface area contributed by atoms with E-state index in [0.717, 1.165) is 17.7 Å². The van der Waals surface area contributed by atoms with Crippen LogP contribution in [0.4, 0.5) is 0 Å². The molecule has 0 radical (unpaired) electrons. The van der Waals surface area contributed by atoms with Crippen LogP contribution < -0.4 is 0 Å². The third-order valence-electron chi connectivity index (χ3n) is 1.49. The maximum atomic E-state index is 5.05. The number of likely N-dealkylation sites (N-methyl/N-ethyl adjacent to an activating group) is 1. The van der Waals surface area contributed by atoms with Crippen molar-refractivity contribution in [3.8, 4) is 0 Å². The molecule has 1 aromatic rings. The lowest BCUT2D eigenvalue weighted by Gasteiger charge is -2.09. The number of hydrogen-bond donors (Lipinski definition) is 1. The number of nitrogens with zero attached hydrogens (tertiary/aromatic N) is 2. The molecule has 0 spiro atoms. The van der Waals surface area contributed by atoms with Crippen LogP contribution in [-0.2, 0) is 6.54 Å². The molecule has 11 heavy (non-hydrogen) atoms. The quantitative estimate of drug-likeness (QED) is 0.689. The van der Waals surface area contributed by atoms with Gasteiger partial charge in [0, 0.05) is 12.7 Å². The number of hydrogen-bond acceptors (Lipinski definition) is 2. The van der Waals surface area contributed by atoms with E-state index in [1.807, 2.05) is 31.0 Å². The van der Waals surface area contributed by atoms with Gasteiger partial charge in [-0.05, 0) is 20.2 Å². The van der Waals surface area contributed by atoms with Crippen molar-refractivity contribution >= 4 is 12.2 Å². The Balaban J connectivity index is 2.51. The number of H-pyrrole nitrogens is 1. The molecule has 0 atom stereocenters. The van der Waals surface area contributed by atoms with Crippen LogP contribution >= 0.6 is 12.2 Å². The van der Waals surface area contributed by atoms with Crippen molar-refractivity contribution in [1.29, 1.82) is 0 Å². The van der Waals surface area contributed by atoms with Gasteiger partial charge < -0.3 is 10.00 Å². The predicted octanol–water partition coefficient (Wildman–Crippen LogP) is 1.11. The highest BCUT2D eigenvalue weighted by atomic mass is 32.1. The van der Waals surface area contributed by atoms with E-state index in [2.05, 4.69) is 10.00 Å². The molecule has 0 fully saturated rings. The van der Waals surface area contributed by atoms with Gasteiger partial charge in [0.25, 0.3) is 0 Å². The average Bonchev–Trinajstić information content (AvgIpc) is 2.31. The van der Waals surface area contributed by atoms with Crippen LogP contribution in [-0.4, -0.2) is 35.3 Å². The number of aromatic nitrogens is 2. The third kappa shape index (κ3) is 2.48. The lowest BCUT2D eigenvalue weighted by atomic mass is 10.6. The molecule has 1 aromatic heterocycles. The Hall–Kier alpha value is -0.610. The Morgan fingerprint density at radius 3 is 2.82 bits per heavy atom. The van der Waals surface area contributed by atoms with Crippen molar-refractivity contribution in [3.05, 3.63) is 16.9 Å². The standard InChI is InChI=1S/C7H13N3S/c1-9(2)5-6-10-7(11)3-4-8-10/h3-4,8H,5-6H2,1-2H3. The molecule has 4 heteroatoms. The zero-order chi connectivity index (χ0) is 8.27. The molecule has 1 heterocycles. The van der Waals surface area contributed by atoms with Gasteiger partial charge in [-0.25, -0.2) is 0 Å². The summed E-state index contributed by atoms with van der Waals surface area (Å²) in [6.07, 6.45) is 1.86. The molecule has 1 N–H and O–H groups in total. The summed E-state index contributed by atoms with van der Waals surface area (Å²) in [4.78, 5) is 2.13. The van der Waals surface area contributed by atoms with Crippen molar-refractivity contribution < 1.29 is 0 Å². The fraction of sp³-hybridized carbons (Fsp3) is 0.571. The van der Waals surface area contributed by atoms with Crippen LogP contribution in [0.2, 0.25) is 0 Å². The van der Waals surface area contributed by atoms with E-state index in [1.165, 1.54) is 0 Å². The van der Waals surface area contributed by atoms with E-state index in [0.29, 0.717) is 0 Å². The third-order valence-corrected chi connectivity index (χ3v) is 1.85. The van der Waals surface area contributed by atoms with Crippen LogP contribution in [0.15, 0.2) is 12.3 Å². The topological polar surface area (TPSA) is 24.0 Å². The minimum absolute atomic E-state index is 0.867. The van der Waals surface area contributed by atoms with E-state index < -0.39 is 0 Å². The molecule has 62 valence electrons. The van der Waals surface area contributed by atoms with Crippen LogP contribution in [0.25, 0.3) is 0 Å². The molecule has 0 amide bonds. The van der Waals surface area contributed by atoms with Crippen molar-refractivity contribution in [2.75, 3.05) is 20.6 Å². The number of rotatable bonds is 3. The van der Waals surface area contributed by atoms with Crippen LogP contribution in [0.1, 0.15) is 0 Å². The molecule has 0 saturated heterocycles. The molecule has 0 bridgehead atoms. The second kappa shape index (κ2) is 3.69. The molecule has 0 saturated carbocycles. The van der Waals surface area contributed by atoms with Crippen LogP contribution in [0, 0.1) is 4.64 Å². The molecular formula is C7H13N3S. The Morgan fingerprint density at radius 1 is 1.64 bits per heavy atom. The van der Waals surface area contributed by atoms with Gasteiger partial charge in [-0.3, -0.25) is 4.68 Å². The molecule has 1 rings (SSSR count). The SMILES string of the molecule is CN(C)CCn1[nH]ccc1=S. The molecule has 0 aliphatic rings. The monoisotopic (exact) mass is 171 g/mol. The summed E-state index contributed by atoms with van der Waals surface area (Å²) in [6.45, 7) is 1.94. The summed E-state index contributed by atoms with van der Waals surface area (Å²) in [7, 11) is 4.10. The van der Waals surface area contributed by atoms with Gasteiger partial charge in [0.2, 0.25) is 0 Å². The zero-order valence-corrected chi connectivity index (χ0v) is 7.69. The van der Waals surface area contributed by atoms with E-state index in [9.17, 15) is 0 Å². The predicted molar refractivity (Wildman–Crippen MR) is 48.2 cm³/mol. The van der Waals surface area contributed by atoms with Gasteiger partial charge in [0.05, 0.1) is 6.54 Å². The van der Waals surface area contributed by atoms with Crippen molar-refractivity contribution in [2.45, 2.75) is 6.54 Å². The fourth-order valence-electron chi connectivity index (χ4n) is 0.827. The van der Waals surface area contributed by atoms with E-state index >= 15 is 0 Å². The van der Waals surface area contributed by atoms with Gasteiger partial charge >= 0.3 is 0 Å². The Labute approximate surface area is 71.6 Å². The van der Waals surface area contributed by atoms with Crippen LogP contribution in [0.5, 0.6) is 0 Å². The fourth-order valence-corrected chi connectivity index (χ4v) is 1.04. The lowest BCUT2D eigenvalue weighted by molar-refractivity contribution is 0.372. The minimum atomic E-state index is 0.867. The molecule has 0 unspecified atom stereocenters. The maximum absolute atomic E-state index is 5.05.